The number of hydrogen-bond acceptors (Lipinski definition) is 1. The van der Waals surface area contributed by atoms with Crippen LogP contribution < -0.4 is 5.73 Å². The van der Waals surface area contributed by atoms with Gasteiger partial charge in [0.1, 0.15) is 5.82 Å². The molecular formula is C18H20FN. The second-order valence-corrected chi connectivity index (χ2v) is 5.99. The third-order valence-corrected chi connectivity index (χ3v) is 4.46. The molecule has 104 valence electrons. The molecule has 1 nitrogen and oxygen atoms in total. The Balaban J connectivity index is 1.98. The second-order valence-electron chi connectivity index (χ2n) is 5.99. The monoisotopic (exact) mass is 269 g/mol. The van der Waals surface area contributed by atoms with Gasteiger partial charge in [-0.1, -0.05) is 43.3 Å². The molecule has 1 aliphatic rings. The average Bonchev–Trinajstić information content (AvgIpc) is 2.44. The van der Waals surface area contributed by atoms with Crippen LogP contribution in [-0.4, -0.2) is 0 Å². The molecule has 0 saturated carbocycles. The molecule has 0 radical (unpaired) electrons. The van der Waals surface area contributed by atoms with Crippen molar-refractivity contribution in [1.29, 1.82) is 0 Å². The van der Waals surface area contributed by atoms with Crippen LogP contribution in [-0.2, 0) is 12.0 Å². The first-order chi connectivity index (χ1) is 9.58. The van der Waals surface area contributed by atoms with E-state index in [1.165, 1.54) is 17.2 Å². The van der Waals surface area contributed by atoms with Crippen LogP contribution in [0.2, 0.25) is 0 Å². The van der Waals surface area contributed by atoms with E-state index in [0.717, 1.165) is 18.4 Å². The lowest BCUT2D eigenvalue weighted by molar-refractivity contribution is 0.348. The highest BCUT2D eigenvalue weighted by Crippen LogP contribution is 2.41. The maximum atomic E-state index is 13.4. The maximum absolute atomic E-state index is 13.4. The van der Waals surface area contributed by atoms with Gasteiger partial charge in [-0.05, 0) is 54.0 Å². The molecule has 2 N–H and O–H groups in total. The predicted molar refractivity (Wildman–Crippen MR) is 80.1 cm³/mol. The summed E-state index contributed by atoms with van der Waals surface area (Å²) in [6.07, 6.45) is 2.72. The Hall–Kier alpha value is -1.67. The Morgan fingerprint density at radius 3 is 2.80 bits per heavy atom. The molecule has 0 bridgehead atoms. The molecule has 0 amide bonds. The van der Waals surface area contributed by atoms with Crippen molar-refractivity contribution < 1.29 is 4.39 Å². The van der Waals surface area contributed by atoms with Gasteiger partial charge in [0.05, 0.1) is 0 Å². The van der Waals surface area contributed by atoms with Crippen molar-refractivity contribution in [3.63, 3.8) is 0 Å². The SMILES string of the molecule is CC1CCC(N)(Cc2cccc(F)c2)c2ccccc21. The maximum Gasteiger partial charge on any atom is 0.123 e. The Morgan fingerprint density at radius 2 is 2.00 bits per heavy atom. The molecule has 0 spiro atoms. The molecule has 2 atom stereocenters. The summed E-state index contributed by atoms with van der Waals surface area (Å²) in [7, 11) is 0. The Labute approximate surface area is 119 Å². The minimum Gasteiger partial charge on any atom is -0.321 e. The van der Waals surface area contributed by atoms with Crippen molar-refractivity contribution in [2.75, 3.05) is 0 Å². The van der Waals surface area contributed by atoms with Crippen LogP contribution in [0, 0.1) is 5.82 Å². The summed E-state index contributed by atoms with van der Waals surface area (Å²) < 4.78 is 13.4. The molecular weight excluding hydrogens is 249 g/mol. The Morgan fingerprint density at radius 1 is 1.20 bits per heavy atom. The van der Waals surface area contributed by atoms with E-state index < -0.39 is 0 Å². The van der Waals surface area contributed by atoms with Gasteiger partial charge in [0.15, 0.2) is 0 Å². The van der Waals surface area contributed by atoms with E-state index in [1.54, 1.807) is 12.1 Å². The van der Waals surface area contributed by atoms with E-state index in [4.69, 9.17) is 5.73 Å². The third kappa shape index (κ3) is 2.36. The molecule has 20 heavy (non-hydrogen) atoms. The lowest BCUT2D eigenvalue weighted by Gasteiger charge is -2.38. The summed E-state index contributed by atoms with van der Waals surface area (Å²) in [5.74, 6) is 0.360. The molecule has 0 fully saturated rings. The summed E-state index contributed by atoms with van der Waals surface area (Å²) in [5.41, 5.74) is 9.85. The fraction of sp³-hybridized carbons (Fsp3) is 0.333. The lowest BCUT2D eigenvalue weighted by atomic mass is 9.70. The molecule has 3 rings (SSSR count). The van der Waals surface area contributed by atoms with Gasteiger partial charge in [-0.3, -0.25) is 0 Å². The molecule has 2 unspecified atom stereocenters. The third-order valence-electron chi connectivity index (χ3n) is 4.46. The van der Waals surface area contributed by atoms with Gasteiger partial charge < -0.3 is 5.73 Å². The van der Waals surface area contributed by atoms with Crippen LogP contribution in [0.4, 0.5) is 4.39 Å². The van der Waals surface area contributed by atoms with Crippen LogP contribution in [0.1, 0.15) is 42.4 Å². The second kappa shape index (κ2) is 5.02. The molecule has 0 saturated heterocycles. The van der Waals surface area contributed by atoms with Gasteiger partial charge in [-0.15, -0.1) is 0 Å². The van der Waals surface area contributed by atoms with Crippen molar-refractivity contribution in [3.8, 4) is 0 Å². The van der Waals surface area contributed by atoms with Crippen molar-refractivity contribution in [3.05, 3.63) is 71.0 Å². The van der Waals surface area contributed by atoms with Gasteiger partial charge >= 0.3 is 0 Å². The zero-order valence-electron chi connectivity index (χ0n) is 11.8. The summed E-state index contributed by atoms with van der Waals surface area (Å²) in [4.78, 5) is 0. The minimum atomic E-state index is -0.378. The first-order valence-electron chi connectivity index (χ1n) is 7.21. The minimum absolute atomic E-state index is 0.191. The highest BCUT2D eigenvalue weighted by atomic mass is 19.1. The number of fused-ring (bicyclic) bond motifs is 1. The zero-order valence-corrected chi connectivity index (χ0v) is 11.8. The zero-order chi connectivity index (χ0) is 14.2. The quantitative estimate of drug-likeness (QED) is 0.872. The molecule has 2 heteroatoms. The van der Waals surface area contributed by atoms with Crippen molar-refractivity contribution in [1.82, 2.24) is 0 Å². The van der Waals surface area contributed by atoms with Crippen LogP contribution in [0.5, 0.6) is 0 Å². The summed E-state index contributed by atoms with van der Waals surface area (Å²) in [6, 6.07) is 15.2. The number of rotatable bonds is 2. The van der Waals surface area contributed by atoms with Crippen LogP contribution in [0.25, 0.3) is 0 Å². The van der Waals surface area contributed by atoms with E-state index in [-0.39, 0.29) is 11.4 Å². The Bertz CT molecular complexity index is 622. The topological polar surface area (TPSA) is 26.0 Å². The first kappa shape index (κ1) is 13.3. The molecule has 2 aromatic carbocycles. The van der Waals surface area contributed by atoms with Gasteiger partial charge in [0.2, 0.25) is 0 Å². The highest BCUT2D eigenvalue weighted by Gasteiger charge is 2.35. The smallest absolute Gasteiger partial charge is 0.123 e. The lowest BCUT2D eigenvalue weighted by Crippen LogP contribution is -2.42. The van der Waals surface area contributed by atoms with E-state index in [9.17, 15) is 4.39 Å². The van der Waals surface area contributed by atoms with Gasteiger partial charge in [-0.2, -0.15) is 0 Å². The van der Waals surface area contributed by atoms with Crippen molar-refractivity contribution in [2.45, 2.75) is 37.6 Å². The van der Waals surface area contributed by atoms with E-state index in [1.807, 2.05) is 12.1 Å². The van der Waals surface area contributed by atoms with Crippen LogP contribution in [0.3, 0.4) is 0 Å². The summed E-state index contributed by atoms with van der Waals surface area (Å²) >= 11 is 0. The molecule has 2 aromatic rings. The Kier molecular flexibility index (Phi) is 3.35. The number of benzene rings is 2. The first-order valence-corrected chi connectivity index (χ1v) is 7.21. The van der Waals surface area contributed by atoms with E-state index >= 15 is 0 Å². The van der Waals surface area contributed by atoms with Gasteiger partial charge in [0, 0.05) is 5.54 Å². The standard InChI is InChI=1S/C18H20FN/c1-13-9-10-18(20,17-8-3-2-7-16(13)17)12-14-5-4-6-15(19)11-14/h2-8,11,13H,9-10,12,20H2,1H3. The summed E-state index contributed by atoms with van der Waals surface area (Å²) in [6.45, 7) is 2.25. The molecule has 0 aromatic heterocycles. The van der Waals surface area contributed by atoms with Crippen LogP contribution >= 0.6 is 0 Å². The molecule has 0 heterocycles. The number of hydrogen-bond donors (Lipinski definition) is 1. The van der Waals surface area contributed by atoms with Crippen molar-refractivity contribution >= 4 is 0 Å². The van der Waals surface area contributed by atoms with Crippen molar-refractivity contribution in [2.24, 2.45) is 5.73 Å². The molecule has 1 aliphatic carbocycles. The fourth-order valence-electron chi connectivity index (χ4n) is 3.34. The normalized spacial score (nSPS) is 25.2. The van der Waals surface area contributed by atoms with Gasteiger partial charge in [0.25, 0.3) is 0 Å². The van der Waals surface area contributed by atoms with Crippen LogP contribution in [0.15, 0.2) is 48.5 Å². The van der Waals surface area contributed by atoms with E-state index in [2.05, 4.69) is 25.1 Å². The summed E-state index contributed by atoms with van der Waals surface area (Å²) in [5, 5.41) is 0. The number of nitrogens with two attached hydrogens (primary N) is 1. The van der Waals surface area contributed by atoms with E-state index in [0.29, 0.717) is 12.3 Å². The fourth-order valence-corrected chi connectivity index (χ4v) is 3.34. The average molecular weight is 269 g/mol. The van der Waals surface area contributed by atoms with Gasteiger partial charge in [-0.25, -0.2) is 4.39 Å². The highest BCUT2D eigenvalue weighted by molar-refractivity contribution is 5.39. The number of halogens is 1. The predicted octanol–water partition coefficient (Wildman–Crippen LogP) is 4.12. The molecule has 0 aliphatic heterocycles. The largest absolute Gasteiger partial charge is 0.321 e.